The molecule has 0 fully saturated rings. The van der Waals surface area contributed by atoms with Crippen LogP contribution in [0.3, 0.4) is 0 Å². The molecule has 0 spiro atoms. The van der Waals surface area contributed by atoms with E-state index in [1.165, 1.54) is 12.1 Å². The van der Waals surface area contributed by atoms with Crippen molar-refractivity contribution < 1.29 is 24.3 Å². The highest BCUT2D eigenvalue weighted by Gasteiger charge is 2.16. The smallest absolute Gasteiger partial charge is 0.441 e. The first-order chi connectivity index (χ1) is 8.28. The maximum absolute atomic E-state index is 11.2. The van der Waals surface area contributed by atoms with Crippen molar-refractivity contribution in [1.82, 2.24) is 10.5 Å². The number of carbonyl (C=O) groups is 2. The summed E-state index contributed by atoms with van der Waals surface area (Å²) in [6.07, 6.45) is 0.362. The van der Waals surface area contributed by atoms with Crippen molar-refractivity contribution in [2.24, 2.45) is 0 Å². The highest BCUT2D eigenvalue weighted by Crippen LogP contribution is 2.08. The average molecular weight is 254 g/mol. The highest BCUT2D eigenvalue weighted by molar-refractivity contribution is 5.87. The Morgan fingerprint density at radius 3 is 2.44 bits per heavy atom. The first kappa shape index (κ1) is 13.8. The van der Waals surface area contributed by atoms with E-state index >= 15 is 0 Å². The Labute approximate surface area is 104 Å². The number of nitrogens with one attached hydrogen (secondary N) is 1. The maximum Gasteiger partial charge on any atom is 0.441 e. The summed E-state index contributed by atoms with van der Waals surface area (Å²) < 4.78 is 4.92. The number of amides is 1. The van der Waals surface area contributed by atoms with Gasteiger partial charge in [0.15, 0.2) is 0 Å². The predicted octanol–water partition coefficient (Wildman–Crippen LogP) is 1.60. The zero-order valence-electron chi connectivity index (χ0n) is 10.3. The van der Waals surface area contributed by atoms with E-state index in [1.54, 1.807) is 20.8 Å². The SMILES string of the molecule is CC(C)(C)OC(=O)NOc1ccc(C(=O)O)cn1. The van der Waals surface area contributed by atoms with Gasteiger partial charge in [-0.3, -0.25) is 0 Å². The van der Waals surface area contributed by atoms with Crippen LogP contribution in [0.15, 0.2) is 18.3 Å². The van der Waals surface area contributed by atoms with Crippen molar-refractivity contribution in [3.63, 3.8) is 0 Å². The number of hydrogen-bond donors (Lipinski definition) is 2. The highest BCUT2D eigenvalue weighted by atomic mass is 16.7. The molecule has 0 aromatic carbocycles. The molecule has 98 valence electrons. The fourth-order valence-corrected chi connectivity index (χ4v) is 0.960. The number of hydrogen-bond acceptors (Lipinski definition) is 5. The Bertz CT molecular complexity index is 436. The van der Waals surface area contributed by atoms with Crippen molar-refractivity contribution in [3.05, 3.63) is 23.9 Å². The number of hydroxylamine groups is 1. The molecule has 18 heavy (non-hydrogen) atoms. The molecule has 0 radical (unpaired) electrons. The largest absolute Gasteiger partial charge is 0.478 e. The Balaban J connectivity index is 2.49. The first-order valence-corrected chi connectivity index (χ1v) is 5.13. The van der Waals surface area contributed by atoms with E-state index in [-0.39, 0.29) is 11.4 Å². The second-order valence-electron chi connectivity index (χ2n) is 4.40. The van der Waals surface area contributed by atoms with Gasteiger partial charge >= 0.3 is 12.1 Å². The van der Waals surface area contributed by atoms with E-state index in [4.69, 9.17) is 14.7 Å². The van der Waals surface area contributed by atoms with Gasteiger partial charge in [-0.25, -0.2) is 14.6 Å². The zero-order chi connectivity index (χ0) is 13.8. The van der Waals surface area contributed by atoms with Gasteiger partial charge in [0.05, 0.1) is 5.56 Å². The molecule has 0 aliphatic heterocycles. The standard InChI is InChI=1S/C11H14N2O5/c1-11(2,3)17-10(16)13-18-8-5-4-7(6-12-8)9(14)15/h4-6H,1-3H3,(H,13,16)(H,14,15). The van der Waals surface area contributed by atoms with Gasteiger partial charge in [0.25, 0.3) is 0 Å². The lowest BCUT2D eigenvalue weighted by Crippen LogP contribution is -2.34. The lowest BCUT2D eigenvalue weighted by atomic mass is 10.2. The fraction of sp³-hybridized carbons (Fsp3) is 0.364. The summed E-state index contributed by atoms with van der Waals surface area (Å²) >= 11 is 0. The quantitative estimate of drug-likeness (QED) is 0.795. The Morgan fingerprint density at radius 2 is 2.00 bits per heavy atom. The van der Waals surface area contributed by atoms with Gasteiger partial charge in [0.1, 0.15) is 5.60 Å². The minimum atomic E-state index is -1.09. The summed E-state index contributed by atoms with van der Waals surface area (Å²) in [5, 5.41) is 8.65. The second kappa shape index (κ2) is 5.35. The van der Waals surface area contributed by atoms with Crippen LogP contribution in [0.5, 0.6) is 5.88 Å². The molecular formula is C11H14N2O5. The third kappa shape index (κ3) is 4.69. The molecule has 7 heteroatoms. The molecule has 0 bridgehead atoms. The number of nitrogens with zero attached hydrogens (tertiary/aromatic N) is 1. The van der Waals surface area contributed by atoms with Crippen LogP contribution in [-0.2, 0) is 4.74 Å². The summed E-state index contributed by atoms with van der Waals surface area (Å²) in [6.45, 7) is 5.14. The van der Waals surface area contributed by atoms with Gasteiger partial charge in [-0.1, -0.05) is 0 Å². The Hall–Kier alpha value is -2.31. The molecule has 0 unspecified atom stereocenters. The lowest BCUT2D eigenvalue weighted by molar-refractivity contribution is 0.0278. The maximum atomic E-state index is 11.2. The van der Waals surface area contributed by atoms with Crippen LogP contribution in [0.25, 0.3) is 0 Å². The molecule has 1 heterocycles. The van der Waals surface area contributed by atoms with E-state index in [9.17, 15) is 9.59 Å². The number of pyridine rings is 1. The van der Waals surface area contributed by atoms with Crippen LogP contribution in [0.1, 0.15) is 31.1 Å². The minimum Gasteiger partial charge on any atom is -0.478 e. The molecule has 1 aromatic heterocycles. The van der Waals surface area contributed by atoms with Crippen molar-refractivity contribution in [1.29, 1.82) is 0 Å². The summed E-state index contributed by atoms with van der Waals surface area (Å²) in [7, 11) is 0. The molecule has 1 amide bonds. The number of carboxylic acids is 1. The summed E-state index contributed by atoms with van der Waals surface area (Å²) in [6, 6.07) is 2.63. The van der Waals surface area contributed by atoms with Gasteiger partial charge in [-0.15, -0.1) is 0 Å². The molecule has 0 atom stereocenters. The van der Waals surface area contributed by atoms with E-state index in [2.05, 4.69) is 4.98 Å². The Morgan fingerprint density at radius 1 is 1.33 bits per heavy atom. The molecule has 1 rings (SSSR count). The third-order valence-electron chi connectivity index (χ3n) is 1.62. The topological polar surface area (TPSA) is 97.8 Å². The molecule has 2 N–H and O–H groups in total. The Kier molecular flexibility index (Phi) is 4.09. The first-order valence-electron chi connectivity index (χ1n) is 5.13. The molecule has 0 aliphatic carbocycles. The van der Waals surface area contributed by atoms with Crippen LogP contribution in [0, 0.1) is 0 Å². The lowest BCUT2D eigenvalue weighted by Gasteiger charge is -2.19. The van der Waals surface area contributed by atoms with Gasteiger partial charge < -0.3 is 14.7 Å². The normalized spacial score (nSPS) is 10.6. The molecule has 7 nitrogen and oxygen atoms in total. The summed E-state index contributed by atoms with van der Waals surface area (Å²) in [5.74, 6) is -1.03. The molecule has 0 aliphatic rings. The molecule has 1 aromatic rings. The number of rotatable bonds is 3. The van der Waals surface area contributed by atoms with Gasteiger partial charge in [-0.05, 0) is 26.8 Å². The third-order valence-corrected chi connectivity index (χ3v) is 1.62. The summed E-state index contributed by atoms with van der Waals surface area (Å²) in [5.41, 5.74) is 1.43. The van der Waals surface area contributed by atoms with Crippen LogP contribution < -0.4 is 10.3 Å². The molecular weight excluding hydrogens is 240 g/mol. The second-order valence-corrected chi connectivity index (χ2v) is 4.40. The van der Waals surface area contributed by atoms with E-state index in [1.807, 2.05) is 5.48 Å². The minimum absolute atomic E-state index is 0.0274. The summed E-state index contributed by atoms with van der Waals surface area (Å²) in [4.78, 5) is 30.3. The van der Waals surface area contributed by atoms with Crippen LogP contribution in [0.2, 0.25) is 0 Å². The average Bonchev–Trinajstić information content (AvgIpc) is 2.24. The monoisotopic (exact) mass is 254 g/mol. The van der Waals surface area contributed by atoms with E-state index < -0.39 is 17.7 Å². The van der Waals surface area contributed by atoms with Gasteiger partial charge in [0.2, 0.25) is 5.88 Å². The zero-order valence-corrected chi connectivity index (χ0v) is 10.3. The van der Waals surface area contributed by atoms with E-state index in [0.29, 0.717) is 0 Å². The van der Waals surface area contributed by atoms with Gasteiger partial charge in [-0.2, -0.15) is 5.48 Å². The van der Waals surface area contributed by atoms with Crippen molar-refractivity contribution in [3.8, 4) is 5.88 Å². The predicted molar refractivity (Wildman–Crippen MR) is 61.2 cm³/mol. The van der Waals surface area contributed by atoms with Crippen LogP contribution in [0.4, 0.5) is 4.79 Å². The number of carbonyl (C=O) groups excluding carboxylic acids is 1. The van der Waals surface area contributed by atoms with Crippen molar-refractivity contribution in [2.75, 3.05) is 0 Å². The molecule has 0 saturated heterocycles. The van der Waals surface area contributed by atoms with Crippen molar-refractivity contribution >= 4 is 12.1 Å². The number of carboxylic acid groups (broad SMARTS) is 1. The van der Waals surface area contributed by atoms with Crippen LogP contribution >= 0.6 is 0 Å². The van der Waals surface area contributed by atoms with Crippen LogP contribution in [-0.4, -0.2) is 27.8 Å². The number of ether oxygens (including phenoxy) is 1. The molecule has 0 saturated carbocycles. The van der Waals surface area contributed by atoms with E-state index in [0.717, 1.165) is 6.20 Å². The number of aromatic nitrogens is 1. The fourth-order valence-electron chi connectivity index (χ4n) is 0.960. The van der Waals surface area contributed by atoms with Gasteiger partial charge in [0, 0.05) is 12.3 Å². The van der Waals surface area contributed by atoms with Crippen molar-refractivity contribution in [2.45, 2.75) is 26.4 Å². The number of aromatic carboxylic acids is 1.